The molecule has 0 spiro atoms. The van der Waals surface area contributed by atoms with Crippen molar-refractivity contribution in [1.82, 2.24) is 20.9 Å². The number of alkyl halides is 2. The summed E-state index contributed by atoms with van der Waals surface area (Å²) < 4.78 is 29.7. The van der Waals surface area contributed by atoms with Crippen LogP contribution in [0.5, 0.6) is 0 Å². The van der Waals surface area contributed by atoms with Crippen molar-refractivity contribution >= 4 is 29.8 Å². The number of fused-ring (bicyclic) bond motifs is 1. The van der Waals surface area contributed by atoms with Crippen LogP contribution in [-0.2, 0) is 24.0 Å². The average Bonchev–Trinajstić information content (AvgIpc) is 3.53. The van der Waals surface area contributed by atoms with Crippen LogP contribution < -0.4 is 16.0 Å². The summed E-state index contributed by atoms with van der Waals surface area (Å²) in [7, 11) is 0. The molecule has 12 heteroatoms. The van der Waals surface area contributed by atoms with Gasteiger partial charge in [-0.05, 0) is 43.4 Å². The third-order valence-corrected chi connectivity index (χ3v) is 8.65. The zero-order chi connectivity index (χ0) is 30.0. The molecular formula is C28H44F2N4O6. The number of nitrogens with zero attached hydrogens (tertiary/aromatic N) is 1. The van der Waals surface area contributed by atoms with E-state index in [-0.39, 0.29) is 37.9 Å². The Hall–Kier alpha value is -2.47. The first-order valence-electron chi connectivity index (χ1n) is 14.4. The van der Waals surface area contributed by atoms with Crippen LogP contribution >= 0.6 is 0 Å². The SMILES string of the molecule is CCCC(NC(=O)[C@@H]1[C@H]2CCC(F)(F)[C@H]2CN1C(=O)[C@@H](NC[C@@](O)(C=O)C(C)C)C(C)C)C(=O)C(=O)NC1CC1. The Kier molecular flexibility index (Phi) is 10.1. The molecule has 3 rings (SSSR count). The van der Waals surface area contributed by atoms with Crippen LogP contribution in [0.1, 0.15) is 73.1 Å². The second kappa shape index (κ2) is 12.6. The molecule has 2 saturated carbocycles. The van der Waals surface area contributed by atoms with Gasteiger partial charge in [-0.1, -0.05) is 41.0 Å². The fourth-order valence-electron chi connectivity index (χ4n) is 5.72. The second-order valence-electron chi connectivity index (χ2n) is 12.3. The summed E-state index contributed by atoms with van der Waals surface area (Å²) in [6, 6.07) is -3.40. The molecule has 0 radical (unpaired) electrons. The van der Waals surface area contributed by atoms with Gasteiger partial charge in [-0.2, -0.15) is 0 Å². The number of rotatable bonds is 14. The van der Waals surface area contributed by atoms with E-state index in [9.17, 15) is 37.9 Å². The molecule has 40 heavy (non-hydrogen) atoms. The van der Waals surface area contributed by atoms with Crippen LogP contribution in [0.2, 0.25) is 0 Å². The van der Waals surface area contributed by atoms with Crippen LogP contribution in [0.4, 0.5) is 8.78 Å². The van der Waals surface area contributed by atoms with Crippen molar-refractivity contribution in [3.63, 3.8) is 0 Å². The largest absolute Gasteiger partial charge is 0.381 e. The van der Waals surface area contributed by atoms with E-state index in [1.165, 1.54) is 0 Å². The summed E-state index contributed by atoms with van der Waals surface area (Å²) in [4.78, 5) is 65.5. The maximum atomic E-state index is 14.9. The van der Waals surface area contributed by atoms with E-state index < -0.39 is 77.3 Å². The minimum atomic E-state index is -3.06. The number of ketones is 1. The molecule has 2 aliphatic carbocycles. The van der Waals surface area contributed by atoms with Crippen molar-refractivity contribution in [3.8, 4) is 0 Å². The lowest BCUT2D eigenvalue weighted by Gasteiger charge is -2.35. The molecule has 0 bridgehead atoms. The monoisotopic (exact) mass is 570 g/mol. The van der Waals surface area contributed by atoms with Gasteiger partial charge >= 0.3 is 0 Å². The van der Waals surface area contributed by atoms with Crippen molar-refractivity contribution in [2.75, 3.05) is 13.1 Å². The third kappa shape index (κ3) is 6.87. The van der Waals surface area contributed by atoms with E-state index in [0.29, 0.717) is 12.7 Å². The van der Waals surface area contributed by atoms with Gasteiger partial charge in [-0.3, -0.25) is 19.2 Å². The van der Waals surface area contributed by atoms with Gasteiger partial charge in [0.05, 0.1) is 12.1 Å². The van der Waals surface area contributed by atoms with Crippen molar-refractivity contribution in [1.29, 1.82) is 0 Å². The minimum absolute atomic E-state index is 0.0338. The van der Waals surface area contributed by atoms with Gasteiger partial charge in [0.15, 0.2) is 6.29 Å². The molecule has 0 aromatic carbocycles. The molecule has 3 aliphatic rings. The van der Waals surface area contributed by atoms with Crippen molar-refractivity contribution in [3.05, 3.63) is 0 Å². The average molecular weight is 571 g/mol. The summed E-state index contributed by atoms with van der Waals surface area (Å²) in [5.41, 5.74) is -1.74. The summed E-state index contributed by atoms with van der Waals surface area (Å²) in [6.45, 7) is 8.01. The normalized spacial score (nSPS) is 26.6. The zero-order valence-corrected chi connectivity index (χ0v) is 24.0. The predicted molar refractivity (Wildman–Crippen MR) is 142 cm³/mol. The number of carbonyl (C=O) groups excluding carboxylic acids is 5. The van der Waals surface area contributed by atoms with E-state index in [1.807, 2.05) is 0 Å². The number of aliphatic hydroxyl groups is 1. The quantitative estimate of drug-likeness (QED) is 0.181. The first kappa shape index (κ1) is 32.0. The molecule has 3 amide bonds. The molecule has 1 aliphatic heterocycles. The maximum Gasteiger partial charge on any atom is 0.289 e. The van der Waals surface area contributed by atoms with Gasteiger partial charge in [-0.25, -0.2) is 8.78 Å². The fraction of sp³-hybridized carbons (Fsp3) is 0.821. The van der Waals surface area contributed by atoms with E-state index in [0.717, 1.165) is 17.7 Å². The Bertz CT molecular complexity index is 988. The molecule has 0 aromatic rings. The molecule has 4 N–H and O–H groups in total. The number of nitrogens with one attached hydrogen (secondary N) is 3. The second-order valence-corrected chi connectivity index (χ2v) is 12.3. The van der Waals surface area contributed by atoms with Gasteiger partial charge in [0.1, 0.15) is 11.6 Å². The molecule has 1 unspecified atom stereocenters. The van der Waals surface area contributed by atoms with E-state index in [2.05, 4.69) is 16.0 Å². The van der Waals surface area contributed by atoms with Crippen LogP contribution in [0.3, 0.4) is 0 Å². The topological polar surface area (TPSA) is 145 Å². The summed E-state index contributed by atoms with van der Waals surface area (Å²) in [5.74, 6) is -8.82. The molecular weight excluding hydrogens is 526 g/mol. The van der Waals surface area contributed by atoms with Crippen LogP contribution in [-0.4, -0.2) is 88.6 Å². The number of Topliss-reactive ketones (excluding diaryl/α,β-unsaturated/α-hetero) is 1. The Morgan fingerprint density at radius 1 is 1.12 bits per heavy atom. The fourth-order valence-corrected chi connectivity index (χ4v) is 5.72. The van der Waals surface area contributed by atoms with Crippen LogP contribution in [0.15, 0.2) is 0 Å². The molecule has 10 nitrogen and oxygen atoms in total. The van der Waals surface area contributed by atoms with Crippen LogP contribution in [0.25, 0.3) is 0 Å². The lowest BCUT2D eigenvalue weighted by atomic mass is 9.90. The lowest BCUT2D eigenvalue weighted by Crippen LogP contribution is -2.59. The first-order chi connectivity index (χ1) is 18.7. The van der Waals surface area contributed by atoms with Crippen LogP contribution in [0, 0.1) is 23.7 Å². The zero-order valence-electron chi connectivity index (χ0n) is 24.0. The summed E-state index contributed by atoms with van der Waals surface area (Å²) in [6.07, 6.45) is 2.28. The molecule has 0 aromatic heterocycles. The van der Waals surface area contributed by atoms with Gasteiger partial charge < -0.3 is 30.8 Å². The molecule has 1 saturated heterocycles. The number of hydrogen-bond donors (Lipinski definition) is 4. The Morgan fingerprint density at radius 2 is 1.77 bits per heavy atom. The van der Waals surface area contributed by atoms with Gasteiger partial charge in [0, 0.05) is 31.5 Å². The van der Waals surface area contributed by atoms with Gasteiger partial charge in [0.2, 0.25) is 17.6 Å². The Morgan fingerprint density at radius 3 is 2.30 bits per heavy atom. The van der Waals surface area contributed by atoms with E-state index >= 15 is 0 Å². The van der Waals surface area contributed by atoms with Crippen molar-refractivity contribution in [2.24, 2.45) is 23.7 Å². The molecule has 6 atom stereocenters. The molecule has 3 fully saturated rings. The van der Waals surface area contributed by atoms with E-state index in [4.69, 9.17) is 0 Å². The minimum Gasteiger partial charge on any atom is -0.381 e. The Balaban J connectivity index is 1.84. The maximum absolute atomic E-state index is 14.9. The first-order valence-corrected chi connectivity index (χ1v) is 14.4. The highest BCUT2D eigenvalue weighted by atomic mass is 19.3. The molecule has 1 heterocycles. The number of halogens is 2. The van der Waals surface area contributed by atoms with Crippen molar-refractivity contribution in [2.45, 2.75) is 109 Å². The third-order valence-electron chi connectivity index (χ3n) is 8.65. The standard InChI is InChI=1S/C28H44F2N4O6/c1-6-7-20(23(36)25(38)32-17-8-9-17)33-24(37)22-18-10-11-28(29,30)19(18)12-34(22)26(39)21(15(2)3)31-13-27(40,14-35)16(4)5/h14-22,31,40H,6-13H2,1-5H3,(H,32,38)(H,33,37)/t18-,19-,20?,21-,22-,27+/m0/s1. The number of hydrogen-bond acceptors (Lipinski definition) is 7. The van der Waals surface area contributed by atoms with Gasteiger partial charge in [0.25, 0.3) is 11.8 Å². The lowest BCUT2D eigenvalue weighted by molar-refractivity contribution is -0.144. The summed E-state index contributed by atoms with van der Waals surface area (Å²) >= 11 is 0. The smallest absolute Gasteiger partial charge is 0.289 e. The van der Waals surface area contributed by atoms with Gasteiger partial charge in [-0.15, -0.1) is 0 Å². The van der Waals surface area contributed by atoms with E-state index in [1.54, 1.807) is 34.6 Å². The highest BCUT2D eigenvalue weighted by Crippen LogP contribution is 2.51. The highest BCUT2D eigenvalue weighted by molar-refractivity contribution is 6.38. The number of likely N-dealkylation sites (tertiary alicyclic amines) is 1. The molecule has 226 valence electrons. The predicted octanol–water partition coefficient (Wildman–Crippen LogP) is 1.19. The Labute approximate surface area is 234 Å². The number of amides is 3. The van der Waals surface area contributed by atoms with Crippen molar-refractivity contribution < 1.29 is 37.9 Å². The highest BCUT2D eigenvalue weighted by Gasteiger charge is 2.61. The number of aldehydes is 1. The summed E-state index contributed by atoms with van der Waals surface area (Å²) in [5, 5.41) is 18.8. The number of carbonyl (C=O) groups is 5.